The van der Waals surface area contributed by atoms with Crippen molar-refractivity contribution >= 4 is 12.0 Å². The van der Waals surface area contributed by atoms with Crippen LogP contribution in [0.3, 0.4) is 0 Å². The molecule has 0 unspecified atom stereocenters. The Morgan fingerprint density at radius 1 is 0.929 bits per heavy atom. The topological polar surface area (TPSA) is 25.2 Å². The summed E-state index contributed by atoms with van der Waals surface area (Å²) in [6.07, 6.45) is 3.54. The maximum absolute atomic E-state index is 4.24. The predicted molar refractivity (Wildman–Crippen MR) is 57.9 cm³/mol. The average Bonchev–Trinajstić information content (AvgIpc) is 2.29. The van der Waals surface area contributed by atoms with Crippen molar-refractivity contribution in [1.82, 2.24) is 4.98 Å². The molecule has 0 radical (unpaired) electrons. The first-order valence-electron chi connectivity index (χ1n) is 4.45. The van der Waals surface area contributed by atoms with Crippen LogP contribution in [0.25, 0.3) is 0 Å². The van der Waals surface area contributed by atoms with Gasteiger partial charge >= 0.3 is 0 Å². The van der Waals surface area contributed by atoms with Gasteiger partial charge in [0, 0.05) is 12.4 Å². The molecule has 1 aromatic carbocycles. The molecule has 0 aliphatic rings. The molecule has 0 atom stereocenters. The highest BCUT2D eigenvalue weighted by molar-refractivity contribution is 5.81. The van der Waals surface area contributed by atoms with Crippen molar-refractivity contribution in [3.63, 3.8) is 0 Å². The molecule has 0 bridgehead atoms. The fraction of sp³-hybridized carbons (Fsp3) is 0. The molecule has 0 saturated carbocycles. The second-order valence-electron chi connectivity index (χ2n) is 2.86. The summed E-state index contributed by atoms with van der Waals surface area (Å²) in [6.45, 7) is 0. The van der Waals surface area contributed by atoms with Crippen LogP contribution in [0.2, 0.25) is 0 Å². The number of hydrogen-bond donors (Lipinski definition) is 0. The minimum absolute atomic E-state index is 0.733. The summed E-state index contributed by atoms with van der Waals surface area (Å²) in [5.41, 5.74) is 1.08. The number of nitrogens with zero attached hydrogens (tertiary/aromatic N) is 2. The lowest BCUT2D eigenvalue weighted by Gasteiger charge is -1.91. The van der Waals surface area contributed by atoms with Crippen LogP contribution < -0.4 is 0 Å². The van der Waals surface area contributed by atoms with Gasteiger partial charge in [0.2, 0.25) is 0 Å². The van der Waals surface area contributed by atoms with E-state index in [0.717, 1.165) is 11.4 Å². The van der Waals surface area contributed by atoms with Crippen LogP contribution in [0.15, 0.2) is 59.7 Å². The zero-order valence-corrected chi connectivity index (χ0v) is 7.67. The smallest absolute Gasteiger partial charge is 0.151 e. The van der Waals surface area contributed by atoms with Gasteiger partial charge in [-0.3, -0.25) is 0 Å². The van der Waals surface area contributed by atoms with E-state index in [9.17, 15) is 0 Å². The normalized spacial score (nSPS) is 10.6. The summed E-state index contributed by atoms with van der Waals surface area (Å²) in [5, 5.41) is 0. The van der Waals surface area contributed by atoms with E-state index in [0.29, 0.717) is 0 Å². The molecule has 0 aliphatic carbocycles. The van der Waals surface area contributed by atoms with E-state index in [1.54, 1.807) is 6.20 Å². The highest BCUT2D eigenvalue weighted by atomic mass is 14.9. The quantitative estimate of drug-likeness (QED) is 0.655. The lowest BCUT2D eigenvalue weighted by atomic mass is 10.2. The van der Waals surface area contributed by atoms with Gasteiger partial charge in [-0.05, 0) is 17.7 Å². The summed E-state index contributed by atoms with van der Waals surface area (Å²) >= 11 is 0. The van der Waals surface area contributed by atoms with Crippen LogP contribution >= 0.6 is 0 Å². The zero-order valence-electron chi connectivity index (χ0n) is 7.67. The molecule has 2 heteroatoms. The van der Waals surface area contributed by atoms with E-state index < -0.39 is 0 Å². The Morgan fingerprint density at radius 3 is 2.43 bits per heavy atom. The van der Waals surface area contributed by atoms with Gasteiger partial charge < -0.3 is 0 Å². The molecular weight excluding hydrogens is 172 g/mol. The van der Waals surface area contributed by atoms with Gasteiger partial charge in [-0.25, -0.2) is 9.98 Å². The lowest BCUT2D eigenvalue weighted by Crippen LogP contribution is -1.78. The number of aromatic nitrogens is 1. The second kappa shape index (κ2) is 4.33. The SMILES string of the molecule is C(=N/c1ccccn1)/c1ccccc1. The number of pyridine rings is 1. The van der Waals surface area contributed by atoms with E-state index in [1.165, 1.54) is 0 Å². The zero-order chi connectivity index (χ0) is 9.64. The van der Waals surface area contributed by atoms with Gasteiger partial charge in [0.25, 0.3) is 0 Å². The molecule has 0 saturated heterocycles. The van der Waals surface area contributed by atoms with E-state index in [-0.39, 0.29) is 0 Å². The molecule has 0 aliphatic heterocycles. The molecule has 2 nitrogen and oxygen atoms in total. The Labute approximate surface area is 83.0 Å². The van der Waals surface area contributed by atoms with Crippen molar-refractivity contribution in [3.05, 3.63) is 60.3 Å². The molecule has 0 amide bonds. The van der Waals surface area contributed by atoms with E-state index >= 15 is 0 Å². The number of benzene rings is 1. The van der Waals surface area contributed by atoms with Gasteiger partial charge in [-0.2, -0.15) is 0 Å². The number of aliphatic imine (C=N–C) groups is 1. The first-order valence-corrected chi connectivity index (χ1v) is 4.45. The monoisotopic (exact) mass is 182 g/mol. The molecule has 0 spiro atoms. The fourth-order valence-corrected chi connectivity index (χ4v) is 1.11. The summed E-state index contributed by atoms with van der Waals surface area (Å²) < 4.78 is 0. The summed E-state index contributed by atoms with van der Waals surface area (Å²) in [4.78, 5) is 8.34. The molecule has 2 aromatic rings. The van der Waals surface area contributed by atoms with Gasteiger partial charge in [0.1, 0.15) is 0 Å². The van der Waals surface area contributed by atoms with Gasteiger partial charge in [0.05, 0.1) is 0 Å². The first kappa shape index (κ1) is 8.63. The molecule has 1 heterocycles. The van der Waals surface area contributed by atoms with Crippen molar-refractivity contribution in [3.8, 4) is 0 Å². The maximum Gasteiger partial charge on any atom is 0.151 e. The predicted octanol–water partition coefficient (Wildman–Crippen LogP) is 2.83. The van der Waals surface area contributed by atoms with Crippen LogP contribution in [0.5, 0.6) is 0 Å². The van der Waals surface area contributed by atoms with Crippen molar-refractivity contribution in [1.29, 1.82) is 0 Å². The van der Waals surface area contributed by atoms with Crippen molar-refractivity contribution < 1.29 is 0 Å². The van der Waals surface area contributed by atoms with E-state index in [4.69, 9.17) is 0 Å². The first-order chi connectivity index (χ1) is 6.95. The highest BCUT2D eigenvalue weighted by Gasteiger charge is 1.86. The largest absolute Gasteiger partial charge is 0.237 e. The van der Waals surface area contributed by atoms with Crippen molar-refractivity contribution in [2.45, 2.75) is 0 Å². The van der Waals surface area contributed by atoms with Crippen molar-refractivity contribution in [2.75, 3.05) is 0 Å². The van der Waals surface area contributed by atoms with Crippen molar-refractivity contribution in [2.24, 2.45) is 4.99 Å². The Hall–Kier alpha value is -1.96. The Kier molecular flexibility index (Phi) is 2.67. The van der Waals surface area contributed by atoms with Gasteiger partial charge in [0.15, 0.2) is 5.82 Å². The minimum atomic E-state index is 0.733. The van der Waals surface area contributed by atoms with Crippen LogP contribution in [0, 0.1) is 0 Å². The van der Waals surface area contributed by atoms with E-state index in [1.807, 2.05) is 54.7 Å². The third-order valence-corrected chi connectivity index (χ3v) is 1.79. The minimum Gasteiger partial charge on any atom is -0.237 e. The Balaban J connectivity index is 2.16. The lowest BCUT2D eigenvalue weighted by molar-refractivity contribution is 1.28. The molecule has 2 rings (SSSR count). The van der Waals surface area contributed by atoms with Gasteiger partial charge in [-0.15, -0.1) is 0 Å². The number of rotatable bonds is 2. The van der Waals surface area contributed by atoms with Crippen LogP contribution in [0.4, 0.5) is 5.82 Å². The average molecular weight is 182 g/mol. The van der Waals surface area contributed by atoms with E-state index in [2.05, 4.69) is 9.98 Å². The molecule has 68 valence electrons. The Bertz CT molecular complexity index is 365. The molecule has 0 fully saturated rings. The van der Waals surface area contributed by atoms with Gasteiger partial charge in [-0.1, -0.05) is 36.4 Å². The third kappa shape index (κ3) is 2.26. The molecule has 14 heavy (non-hydrogen) atoms. The molecule has 1 aromatic heterocycles. The standard InChI is InChI=1S/C12H10N2/c1-2-6-11(7-3-1)10-14-12-8-4-5-9-13-12/h1-10H/b14-10-. The second-order valence-corrected chi connectivity index (χ2v) is 2.86. The highest BCUT2D eigenvalue weighted by Crippen LogP contribution is 2.05. The summed E-state index contributed by atoms with van der Waals surface area (Å²) in [6, 6.07) is 15.6. The summed E-state index contributed by atoms with van der Waals surface area (Å²) in [7, 11) is 0. The molecule has 0 N–H and O–H groups in total. The maximum atomic E-state index is 4.24. The summed E-state index contributed by atoms with van der Waals surface area (Å²) in [5.74, 6) is 0.733. The third-order valence-electron chi connectivity index (χ3n) is 1.79. The van der Waals surface area contributed by atoms with Crippen LogP contribution in [-0.4, -0.2) is 11.2 Å². The van der Waals surface area contributed by atoms with Crippen LogP contribution in [-0.2, 0) is 0 Å². The molecular formula is C12H10N2. The number of hydrogen-bond acceptors (Lipinski definition) is 2. The Morgan fingerprint density at radius 2 is 1.71 bits per heavy atom. The van der Waals surface area contributed by atoms with Crippen LogP contribution in [0.1, 0.15) is 5.56 Å². The fourth-order valence-electron chi connectivity index (χ4n) is 1.11.